The van der Waals surface area contributed by atoms with E-state index in [1.54, 1.807) is 4.90 Å². The van der Waals surface area contributed by atoms with Gasteiger partial charge in [-0.1, -0.05) is 12.5 Å². The minimum Gasteiger partial charge on any atom is -0.486 e. The van der Waals surface area contributed by atoms with Crippen molar-refractivity contribution in [2.45, 2.75) is 51.5 Å². The largest absolute Gasteiger partial charge is 0.486 e. The molecule has 1 aromatic rings. The predicted octanol–water partition coefficient (Wildman–Crippen LogP) is 2.36. The van der Waals surface area contributed by atoms with Crippen molar-refractivity contribution in [1.82, 2.24) is 10.2 Å². The number of esters is 1. The summed E-state index contributed by atoms with van der Waals surface area (Å²) in [5, 5.41) is 2.72. The Kier molecular flexibility index (Phi) is 7.93. The molecule has 1 aromatic carbocycles. The Labute approximate surface area is 176 Å². The van der Waals surface area contributed by atoms with Gasteiger partial charge < -0.3 is 24.4 Å². The maximum absolute atomic E-state index is 12.7. The molecule has 0 spiro atoms. The first-order valence-electron chi connectivity index (χ1n) is 10.6. The fourth-order valence-corrected chi connectivity index (χ4v) is 3.81. The van der Waals surface area contributed by atoms with E-state index in [-0.39, 0.29) is 36.9 Å². The van der Waals surface area contributed by atoms with Crippen LogP contribution in [0.15, 0.2) is 18.2 Å². The molecule has 2 aliphatic rings. The van der Waals surface area contributed by atoms with Crippen LogP contribution in [-0.2, 0) is 19.1 Å². The molecule has 2 heterocycles. The lowest BCUT2D eigenvalue weighted by Crippen LogP contribution is -2.34. The Balaban J connectivity index is 1.42. The molecule has 8 heteroatoms. The number of carbonyl (C=O) groups is 3. The average Bonchev–Trinajstić information content (AvgIpc) is 3.24. The Hall–Kier alpha value is -2.77. The van der Waals surface area contributed by atoms with Crippen LogP contribution >= 0.6 is 0 Å². The van der Waals surface area contributed by atoms with Gasteiger partial charge in [-0.15, -0.1) is 0 Å². The molecule has 1 atom stereocenters. The molecule has 0 bridgehead atoms. The average molecular weight is 418 g/mol. The summed E-state index contributed by atoms with van der Waals surface area (Å²) in [6.45, 7) is 3.57. The van der Waals surface area contributed by atoms with Gasteiger partial charge in [0.1, 0.15) is 13.2 Å². The first-order valence-corrected chi connectivity index (χ1v) is 10.6. The van der Waals surface area contributed by atoms with Crippen LogP contribution in [0, 0.1) is 0 Å². The van der Waals surface area contributed by atoms with E-state index < -0.39 is 0 Å². The monoisotopic (exact) mass is 418 g/mol. The van der Waals surface area contributed by atoms with E-state index in [1.807, 2.05) is 18.2 Å². The highest BCUT2D eigenvalue weighted by Crippen LogP contribution is 2.38. The van der Waals surface area contributed by atoms with Crippen molar-refractivity contribution in [3.8, 4) is 11.5 Å². The van der Waals surface area contributed by atoms with Crippen LogP contribution in [0.5, 0.6) is 11.5 Å². The summed E-state index contributed by atoms with van der Waals surface area (Å²) in [4.78, 5) is 37.1. The number of fused-ring (bicyclic) bond motifs is 1. The molecule has 1 fully saturated rings. The second-order valence-electron chi connectivity index (χ2n) is 7.60. The summed E-state index contributed by atoms with van der Waals surface area (Å²) in [5.41, 5.74) is 1.01. The summed E-state index contributed by atoms with van der Waals surface area (Å²) in [6, 6.07) is 5.76. The molecule has 8 nitrogen and oxygen atoms in total. The quantitative estimate of drug-likeness (QED) is 0.489. The fraction of sp³-hybridized carbons (Fsp3) is 0.591. The third kappa shape index (κ3) is 6.11. The number of benzene rings is 1. The zero-order valence-corrected chi connectivity index (χ0v) is 17.5. The SMILES string of the molecule is CC(=O)NCCCCCC(=O)OCC(=O)N1CCCC1c1ccc2c(c1)OCCO2. The van der Waals surface area contributed by atoms with E-state index in [0.717, 1.165) is 37.0 Å². The molecule has 30 heavy (non-hydrogen) atoms. The molecular weight excluding hydrogens is 388 g/mol. The number of hydrogen-bond donors (Lipinski definition) is 1. The van der Waals surface area contributed by atoms with Gasteiger partial charge in [-0.2, -0.15) is 0 Å². The van der Waals surface area contributed by atoms with Gasteiger partial charge >= 0.3 is 5.97 Å². The van der Waals surface area contributed by atoms with Crippen molar-refractivity contribution in [2.24, 2.45) is 0 Å². The lowest BCUT2D eigenvalue weighted by Gasteiger charge is -2.26. The second-order valence-corrected chi connectivity index (χ2v) is 7.60. The molecule has 3 rings (SSSR count). The predicted molar refractivity (Wildman–Crippen MR) is 109 cm³/mol. The molecule has 1 N–H and O–H groups in total. The molecule has 0 radical (unpaired) electrons. The minimum absolute atomic E-state index is 0.0409. The summed E-state index contributed by atoms with van der Waals surface area (Å²) >= 11 is 0. The van der Waals surface area contributed by atoms with Gasteiger partial charge in [0.05, 0.1) is 6.04 Å². The topological polar surface area (TPSA) is 94.2 Å². The van der Waals surface area contributed by atoms with E-state index in [1.165, 1.54) is 6.92 Å². The van der Waals surface area contributed by atoms with Gasteiger partial charge in [-0.25, -0.2) is 0 Å². The van der Waals surface area contributed by atoms with Crippen molar-refractivity contribution in [3.05, 3.63) is 23.8 Å². The van der Waals surface area contributed by atoms with E-state index in [9.17, 15) is 14.4 Å². The lowest BCUT2D eigenvalue weighted by molar-refractivity contribution is -0.152. The number of carbonyl (C=O) groups excluding carboxylic acids is 3. The fourth-order valence-electron chi connectivity index (χ4n) is 3.81. The number of unbranched alkanes of at least 4 members (excludes halogenated alkanes) is 2. The van der Waals surface area contributed by atoms with Crippen LogP contribution in [0.1, 0.15) is 57.1 Å². The molecule has 0 saturated carbocycles. The molecule has 1 saturated heterocycles. The van der Waals surface area contributed by atoms with Crippen molar-refractivity contribution >= 4 is 17.8 Å². The first kappa shape index (κ1) is 21.9. The summed E-state index contributed by atoms with van der Waals surface area (Å²) in [6.07, 6.45) is 4.37. The molecular formula is C22H30N2O6. The molecule has 0 aromatic heterocycles. The summed E-state index contributed by atoms with van der Waals surface area (Å²) in [5.74, 6) is 0.851. The van der Waals surface area contributed by atoms with Crippen LogP contribution in [0.4, 0.5) is 0 Å². The number of nitrogens with zero attached hydrogens (tertiary/aromatic N) is 1. The van der Waals surface area contributed by atoms with Gasteiger partial charge in [0.2, 0.25) is 5.91 Å². The van der Waals surface area contributed by atoms with Gasteiger partial charge in [0, 0.05) is 26.4 Å². The van der Waals surface area contributed by atoms with Crippen molar-refractivity contribution in [1.29, 1.82) is 0 Å². The van der Waals surface area contributed by atoms with Crippen LogP contribution in [-0.4, -0.2) is 55.6 Å². The third-order valence-corrected chi connectivity index (χ3v) is 5.31. The van der Waals surface area contributed by atoms with Gasteiger partial charge in [0.15, 0.2) is 18.1 Å². The molecule has 2 aliphatic heterocycles. The number of hydrogen-bond acceptors (Lipinski definition) is 6. The lowest BCUT2D eigenvalue weighted by atomic mass is 10.0. The molecule has 2 amide bonds. The van der Waals surface area contributed by atoms with Crippen LogP contribution in [0.25, 0.3) is 0 Å². The van der Waals surface area contributed by atoms with Crippen LogP contribution in [0.2, 0.25) is 0 Å². The molecule has 1 unspecified atom stereocenters. The highest BCUT2D eigenvalue weighted by atomic mass is 16.6. The van der Waals surface area contributed by atoms with Gasteiger partial charge in [0.25, 0.3) is 5.91 Å². The van der Waals surface area contributed by atoms with Gasteiger partial charge in [-0.3, -0.25) is 14.4 Å². The Morgan fingerprint density at radius 1 is 1.13 bits per heavy atom. The van der Waals surface area contributed by atoms with Gasteiger partial charge in [-0.05, 0) is 43.4 Å². The number of nitrogens with one attached hydrogen (secondary N) is 1. The van der Waals surface area contributed by atoms with Crippen molar-refractivity contribution < 1.29 is 28.6 Å². The van der Waals surface area contributed by atoms with E-state index in [2.05, 4.69) is 5.32 Å². The smallest absolute Gasteiger partial charge is 0.306 e. The zero-order valence-electron chi connectivity index (χ0n) is 17.5. The number of ether oxygens (including phenoxy) is 3. The Bertz CT molecular complexity index is 766. The third-order valence-electron chi connectivity index (χ3n) is 5.31. The normalized spacial score (nSPS) is 17.5. The first-order chi connectivity index (χ1) is 14.5. The van der Waals surface area contributed by atoms with Crippen LogP contribution < -0.4 is 14.8 Å². The number of amides is 2. The highest BCUT2D eigenvalue weighted by molar-refractivity contribution is 5.81. The minimum atomic E-state index is -0.363. The zero-order chi connectivity index (χ0) is 21.3. The van der Waals surface area contributed by atoms with E-state index in [4.69, 9.17) is 14.2 Å². The van der Waals surface area contributed by atoms with E-state index in [0.29, 0.717) is 38.5 Å². The van der Waals surface area contributed by atoms with Crippen molar-refractivity contribution in [2.75, 3.05) is 32.9 Å². The Morgan fingerprint density at radius 2 is 1.93 bits per heavy atom. The number of likely N-dealkylation sites (tertiary alicyclic amines) is 1. The highest BCUT2D eigenvalue weighted by Gasteiger charge is 2.31. The Morgan fingerprint density at radius 3 is 2.73 bits per heavy atom. The maximum atomic E-state index is 12.7. The number of rotatable bonds is 9. The molecule has 164 valence electrons. The maximum Gasteiger partial charge on any atom is 0.306 e. The second kappa shape index (κ2) is 10.8. The summed E-state index contributed by atoms with van der Waals surface area (Å²) in [7, 11) is 0. The standard InChI is InChI=1S/C22H30N2O6/c1-16(25)23-10-4-2-3-7-22(27)30-15-21(26)24-11-5-6-18(24)17-8-9-19-20(14-17)29-13-12-28-19/h8-9,14,18H,2-7,10-13,15H2,1H3,(H,23,25). The molecule has 0 aliphatic carbocycles. The summed E-state index contributed by atoms with van der Waals surface area (Å²) < 4.78 is 16.4. The van der Waals surface area contributed by atoms with Crippen molar-refractivity contribution in [3.63, 3.8) is 0 Å². The van der Waals surface area contributed by atoms with Crippen LogP contribution in [0.3, 0.4) is 0 Å². The van der Waals surface area contributed by atoms with E-state index >= 15 is 0 Å².